The van der Waals surface area contributed by atoms with Crippen molar-refractivity contribution in [3.8, 4) is 0 Å². The monoisotopic (exact) mass is 250 g/mol. The molecule has 3 aromatic rings. The van der Waals surface area contributed by atoms with Gasteiger partial charge in [-0.2, -0.15) is 0 Å². The second-order valence-corrected chi connectivity index (χ2v) is 4.48. The Bertz CT molecular complexity index is 738. The minimum atomic E-state index is 0.672. The van der Waals surface area contributed by atoms with Crippen molar-refractivity contribution in [2.45, 2.75) is 6.92 Å². The van der Waals surface area contributed by atoms with Crippen molar-refractivity contribution >= 4 is 23.5 Å². The van der Waals surface area contributed by atoms with Gasteiger partial charge in [-0.25, -0.2) is 9.50 Å². The topological polar surface area (TPSA) is 56.2 Å². The molecule has 0 fully saturated rings. The molecule has 2 heterocycles. The van der Waals surface area contributed by atoms with E-state index in [-0.39, 0.29) is 0 Å². The van der Waals surface area contributed by atoms with Gasteiger partial charge in [-0.3, -0.25) is 0 Å². The zero-order chi connectivity index (χ0) is 13.2. The Balaban J connectivity index is 1.90. The molecule has 0 atom stereocenters. The predicted octanol–water partition coefficient (Wildman–Crippen LogP) is 2.79. The van der Waals surface area contributed by atoms with Crippen LogP contribution in [0.15, 0.2) is 42.6 Å². The van der Waals surface area contributed by atoms with E-state index in [9.17, 15) is 0 Å². The van der Waals surface area contributed by atoms with Crippen molar-refractivity contribution in [3.05, 3.63) is 59.5 Å². The summed E-state index contributed by atoms with van der Waals surface area (Å²) in [5, 5.41) is 4.34. The van der Waals surface area contributed by atoms with Gasteiger partial charge in [-0.15, -0.1) is 5.10 Å². The van der Waals surface area contributed by atoms with Crippen LogP contribution in [0.5, 0.6) is 0 Å². The SMILES string of the molecule is Cc1ccc(/C=C/c2nc3ccc(N)cn3n2)cc1. The molecule has 0 amide bonds. The van der Waals surface area contributed by atoms with E-state index in [1.54, 1.807) is 10.7 Å². The first-order valence-electron chi connectivity index (χ1n) is 6.07. The Labute approximate surface area is 111 Å². The Morgan fingerprint density at radius 1 is 1.05 bits per heavy atom. The molecule has 94 valence electrons. The molecule has 2 N–H and O–H groups in total. The first-order valence-corrected chi connectivity index (χ1v) is 6.07. The molecule has 2 aromatic heterocycles. The second kappa shape index (κ2) is 4.57. The summed E-state index contributed by atoms with van der Waals surface area (Å²) in [5.74, 6) is 0.672. The molecule has 19 heavy (non-hydrogen) atoms. The van der Waals surface area contributed by atoms with Crippen molar-refractivity contribution in [3.63, 3.8) is 0 Å². The molecular formula is C15H14N4. The number of hydrogen-bond donors (Lipinski definition) is 1. The highest BCUT2D eigenvalue weighted by atomic mass is 15.3. The largest absolute Gasteiger partial charge is 0.397 e. The highest BCUT2D eigenvalue weighted by Crippen LogP contribution is 2.10. The van der Waals surface area contributed by atoms with Crippen LogP contribution in [-0.4, -0.2) is 14.6 Å². The molecule has 0 saturated carbocycles. The minimum absolute atomic E-state index is 0.672. The molecule has 0 aliphatic carbocycles. The molecule has 1 aromatic carbocycles. The van der Waals surface area contributed by atoms with Gasteiger partial charge in [0, 0.05) is 0 Å². The normalized spacial score (nSPS) is 11.4. The summed E-state index contributed by atoms with van der Waals surface area (Å²) in [6.45, 7) is 2.07. The predicted molar refractivity (Wildman–Crippen MR) is 77.5 cm³/mol. The van der Waals surface area contributed by atoms with E-state index in [0.29, 0.717) is 11.5 Å². The average Bonchev–Trinajstić information content (AvgIpc) is 2.80. The maximum atomic E-state index is 5.71. The summed E-state index contributed by atoms with van der Waals surface area (Å²) in [6, 6.07) is 12.0. The van der Waals surface area contributed by atoms with Gasteiger partial charge >= 0.3 is 0 Å². The molecular weight excluding hydrogens is 236 g/mol. The number of nitrogens with zero attached hydrogens (tertiary/aromatic N) is 3. The van der Waals surface area contributed by atoms with E-state index in [2.05, 4.69) is 41.3 Å². The average molecular weight is 250 g/mol. The van der Waals surface area contributed by atoms with Gasteiger partial charge in [0.1, 0.15) is 0 Å². The van der Waals surface area contributed by atoms with Gasteiger partial charge in [-0.1, -0.05) is 35.9 Å². The van der Waals surface area contributed by atoms with Gasteiger partial charge in [0.15, 0.2) is 11.5 Å². The number of hydrogen-bond acceptors (Lipinski definition) is 3. The molecule has 3 rings (SSSR count). The lowest BCUT2D eigenvalue weighted by molar-refractivity contribution is 0.956. The van der Waals surface area contributed by atoms with Crippen LogP contribution >= 0.6 is 0 Å². The zero-order valence-corrected chi connectivity index (χ0v) is 10.6. The van der Waals surface area contributed by atoms with Crippen molar-refractivity contribution < 1.29 is 0 Å². The molecule has 4 nitrogen and oxygen atoms in total. The highest BCUT2D eigenvalue weighted by Gasteiger charge is 2.00. The number of fused-ring (bicyclic) bond motifs is 1. The first-order chi connectivity index (χ1) is 9.20. The summed E-state index contributed by atoms with van der Waals surface area (Å²) in [5.41, 5.74) is 9.55. The number of nitrogen functional groups attached to an aromatic ring is 1. The first kappa shape index (κ1) is 11.5. The summed E-state index contributed by atoms with van der Waals surface area (Å²) in [7, 11) is 0. The lowest BCUT2D eigenvalue weighted by Crippen LogP contribution is -1.91. The molecule has 0 aliphatic rings. The fraction of sp³-hybridized carbons (Fsp3) is 0.0667. The van der Waals surface area contributed by atoms with Gasteiger partial charge < -0.3 is 5.73 Å². The smallest absolute Gasteiger partial charge is 0.174 e. The van der Waals surface area contributed by atoms with E-state index >= 15 is 0 Å². The molecule has 0 unspecified atom stereocenters. The van der Waals surface area contributed by atoms with Crippen molar-refractivity contribution in [1.82, 2.24) is 14.6 Å². The highest BCUT2D eigenvalue weighted by molar-refractivity contribution is 5.67. The molecule has 4 heteroatoms. The lowest BCUT2D eigenvalue weighted by atomic mass is 10.1. The molecule has 0 aliphatic heterocycles. The Morgan fingerprint density at radius 3 is 2.63 bits per heavy atom. The number of anilines is 1. The summed E-state index contributed by atoms with van der Waals surface area (Å²) in [6.07, 6.45) is 5.65. The molecule has 0 spiro atoms. The fourth-order valence-corrected chi connectivity index (χ4v) is 1.84. The van der Waals surface area contributed by atoms with Crippen LogP contribution in [0.3, 0.4) is 0 Å². The van der Waals surface area contributed by atoms with Gasteiger partial charge in [0.05, 0.1) is 11.9 Å². The molecule has 0 bridgehead atoms. The van der Waals surface area contributed by atoms with Gasteiger partial charge in [0.2, 0.25) is 0 Å². The number of benzene rings is 1. The lowest BCUT2D eigenvalue weighted by Gasteiger charge is -1.93. The summed E-state index contributed by atoms with van der Waals surface area (Å²) < 4.78 is 1.68. The van der Waals surface area contributed by atoms with Crippen LogP contribution in [0.25, 0.3) is 17.8 Å². The van der Waals surface area contributed by atoms with Crippen molar-refractivity contribution in [1.29, 1.82) is 0 Å². The summed E-state index contributed by atoms with van der Waals surface area (Å²) >= 11 is 0. The number of aryl methyl sites for hydroxylation is 1. The van der Waals surface area contributed by atoms with Crippen LogP contribution in [-0.2, 0) is 0 Å². The van der Waals surface area contributed by atoms with E-state index < -0.39 is 0 Å². The second-order valence-electron chi connectivity index (χ2n) is 4.48. The van der Waals surface area contributed by atoms with Crippen LogP contribution in [0.4, 0.5) is 5.69 Å². The van der Waals surface area contributed by atoms with Crippen LogP contribution in [0.1, 0.15) is 17.0 Å². The Morgan fingerprint density at radius 2 is 1.84 bits per heavy atom. The quantitative estimate of drug-likeness (QED) is 0.760. The van der Waals surface area contributed by atoms with Gasteiger partial charge in [-0.05, 0) is 30.7 Å². The maximum absolute atomic E-state index is 5.71. The van der Waals surface area contributed by atoms with Crippen LogP contribution in [0, 0.1) is 6.92 Å². The molecule has 0 saturated heterocycles. The van der Waals surface area contributed by atoms with E-state index in [1.807, 2.05) is 24.3 Å². The van der Waals surface area contributed by atoms with Crippen LogP contribution in [0.2, 0.25) is 0 Å². The third kappa shape index (κ3) is 2.47. The number of nitrogens with two attached hydrogens (primary N) is 1. The van der Waals surface area contributed by atoms with E-state index in [1.165, 1.54) is 5.56 Å². The maximum Gasteiger partial charge on any atom is 0.174 e. The van der Waals surface area contributed by atoms with E-state index in [4.69, 9.17) is 5.73 Å². The summed E-state index contributed by atoms with van der Waals surface area (Å²) in [4.78, 5) is 4.40. The van der Waals surface area contributed by atoms with Gasteiger partial charge in [0.25, 0.3) is 0 Å². The minimum Gasteiger partial charge on any atom is -0.397 e. The number of pyridine rings is 1. The Hall–Kier alpha value is -2.62. The fourth-order valence-electron chi connectivity index (χ4n) is 1.84. The van der Waals surface area contributed by atoms with Crippen LogP contribution < -0.4 is 5.73 Å². The molecule has 0 radical (unpaired) electrons. The Kier molecular flexibility index (Phi) is 2.76. The standard InChI is InChI=1S/C15H14N4/c1-11-2-4-12(5-3-11)6-8-14-17-15-9-7-13(16)10-19(15)18-14/h2-10H,16H2,1H3/b8-6+. The third-order valence-electron chi connectivity index (χ3n) is 2.87. The zero-order valence-electron chi connectivity index (χ0n) is 10.6. The number of rotatable bonds is 2. The number of aromatic nitrogens is 3. The van der Waals surface area contributed by atoms with Crippen molar-refractivity contribution in [2.75, 3.05) is 5.73 Å². The van der Waals surface area contributed by atoms with Crippen molar-refractivity contribution in [2.24, 2.45) is 0 Å². The van der Waals surface area contributed by atoms with E-state index in [0.717, 1.165) is 11.2 Å². The third-order valence-corrected chi connectivity index (χ3v) is 2.87.